The molecule has 2 heterocycles. The molecular weight excluding hydrogens is 342 g/mol. The second kappa shape index (κ2) is 4.41. The van der Waals surface area contributed by atoms with Gasteiger partial charge in [-0.05, 0) is 50.9 Å². The lowest BCUT2D eigenvalue weighted by Crippen LogP contribution is -2.08. The topological polar surface area (TPSA) is 39.2 Å². The highest BCUT2D eigenvalue weighted by molar-refractivity contribution is 9.13. The average molecular weight is 351 g/mol. The Morgan fingerprint density at radius 1 is 1.40 bits per heavy atom. The van der Waals surface area contributed by atoms with E-state index in [0.29, 0.717) is 0 Å². The predicted octanol–water partition coefficient (Wildman–Crippen LogP) is 4.22. The first-order valence-corrected chi connectivity index (χ1v) is 6.73. The van der Waals surface area contributed by atoms with Crippen molar-refractivity contribution in [2.24, 2.45) is 5.73 Å². The Balaban J connectivity index is 2.31. The minimum absolute atomic E-state index is 0.116. The van der Waals surface area contributed by atoms with Crippen LogP contribution >= 0.6 is 43.2 Å². The fraction of sp³-hybridized carbons (Fsp3) is 0.200. The van der Waals surface area contributed by atoms with E-state index < -0.39 is 0 Å². The fourth-order valence-electron chi connectivity index (χ4n) is 1.31. The van der Waals surface area contributed by atoms with E-state index in [1.54, 1.807) is 17.6 Å². The number of furan rings is 1. The molecule has 0 fully saturated rings. The summed E-state index contributed by atoms with van der Waals surface area (Å²) in [6, 6.07) is 3.88. The molecule has 80 valence electrons. The molecule has 1 atom stereocenters. The maximum Gasteiger partial charge on any atom is 0.101 e. The first-order valence-electron chi connectivity index (χ1n) is 4.33. The Bertz CT molecular complexity index is 458. The molecular formula is C10H9Br2NOS. The van der Waals surface area contributed by atoms with Gasteiger partial charge in [-0.1, -0.05) is 0 Å². The minimum Gasteiger partial charge on any atom is -0.469 e. The van der Waals surface area contributed by atoms with Crippen LogP contribution < -0.4 is 5.73 Å². The molecule has 0 aliphatic carbocycles. The van der Waals surface area contributed by atoms with Crippen molar-refractivity contribution in [2.45, 2.75) is 13.0 Å². The SMILES string of the molecule is Cc1cc(C(N)c2cc(Br)c(Br)s2)co1. The van der Waals surface area contributed by atoms with Gasteiger partial charge in [-0.3, -0.25) is 0 Å². The van der Waals surface area contributed by atoms with Crippen LogP contribution in [0.1, 0.15) is 22.2 Å². The molecule has 0 bridgehead atoms. The maximum absolute atomic E-state index is 6.12. The van der Waals surface area contributed by atoms with E-state index in [9.17, 15) is 0 Å². The zero-order valence-electron chi connectivity index (χ0n) is 7.96. The lowest BCUT2D eigenvalue weighted by molar-refractivity contribution is 0.530. The third kappa shape index (κ3) is 2.36. The van der Waals surface area contributed by atoms with Crippen LogP contribution in [0.15, 0.2) is 31.1 Å². The van der Waals surface area contributed by atoms with Gasteiger partial charge in [0, 0.05) is 14.9 Å². The lowest BCUT2D eigenvalue weighted by Gasteiger charge is -2.04. The second-order valence-corrected chi connectivity index (χ2v) is 6.49. The van der Waals surface area contributed by atoms with Gasteiger partial charge in [0.2, 0.25) is 0 Å². The third-order valence-corrected chi connectivity index (χ3v) is 5.42. The van der Waals surface area contributed by atoms with Crippen LogP contribution in [0.25, 0.3) is 0 Å². The maximum atomic E-state index is 6.12. The van der Waals surface area contributed by atoms with Crippen molar-refractivity contribution in [3.8, 4) is 0 Å². The zero-order chi connectivity index (χ0) is 11.0. The van der Waals surface area contributed by atoms with Crippen molar-refractivity contribution in [1.29, 1.82) is 0 Å². The van der Waals surface area contributed by atoms with E-state index in [1.165, 1.54) is 0 Å². The molecule has 2 aromatic rings. The molecule has 15 heavy (non-hydrogen) atoms. The standard InChI is InChI=1S/C10H9Br2NOS/c1-5-2-6(4-14-5)9(13)8-3-7(11)10(12)15-8/h2-4,9H,13H2,1H3. The van der Waals surface area contributed by atoms with E-state index in [4.69, 9.17) is 10.2 Å². The molecule has 2 N–H and O–H groups in total. The highest BCUT2D eigenvalue weighted by Crippen LogP contribution is 2.36. The summed E-state index contributed by atoms with van der Waals surface area (Å²) in [6.07, 6.45) is 1.71. The minimum atomic E-state index is -0.116. The van der Waals surface area contributed by atoms with Gasteiger partial charge >= 0.3 is 0 Å². The van der Waals surface area contributed by atoms with Crippen molar-refractivity contribution in [1.82, 2.24) is 0 Å². The molecule has 0 spiro atoms. The predicted molar refractivity (Wildman–Crippen MR) is 69.2 cm³/mol. The van der Waals surface area contributed by atoms with Crippen LogP contribution in [0.3, 0.4) is 0 Å². The molecule has 0 aliphatic rings. The Kier molecular flexibility index (Phi) is 3.35. The Morgan fingerprint density at radius 2 is 2.13 bits per heavy atom. The summed E-state index contributed by atoms with van der Waals surface area (Å²) in [4.78, 5) is 1.11. The monoisotopic (exact) mass is 349 g/mol. The van der Waals surface area contributed by atoms with Crippen molar-refractivity contribution < 1.29 is 4.42 Å². The van der Waals surface area contributed by atoms with Crippen molar-refractivity contribution in [2.75, 3.05) is 0 Å². The Labute approximate surface area is 109 Å². The number of hydrogen-bond acceptors (Lipinski definition) is 3. The lowest BCUT2D eigenvalue weighted by atomic mass is 10.1. The van der Waals surface area contributed by atoms with Gasteiger partial charge in [-0.15, -0.1) is 11.3 Å². The highest BCUT2D eigenvalue weighted by Gasteiger charge is 2.15. The molecule has 2 aromatic heterocycles. The molecule has 0 aromatic carbocycles. The van der Waals surface area contributed by atoms with Gasteiger partial charge in [-0.25, -0.2) is 0 Å². The summed E-state index contributed by atoms with van der Waals surface area (Å²) in [7, 11) is 0. The molecule has 2 rings (SSSR count). The number of aryl methyl sites for hydroxylation is 1. The normalized spacial score (nSPS) is 13.1. The van der Waals surface area contributed by atoms with Crippen LogP contribution in [0.2, 0.25) is 0 Å². The first-order chi connectivity index (χ1) is 7.08. The van der Waals surface area contributed by atoms with Crippen LogP contribution in [0.5, 0.6) is 0 Å². The second-order valence-electron chi connectivity index (χ2n) is 3.24. The van der Waals surface area contributed by atoms with Gasteiger partial charge in [0.15, 0.2) is 0 Å². The third-order valence-electron chi connectivity index (χ3n) is 2.08. The van der Waals surface area contributed by atoms with Gasteiger partial charge < -0.3 is 10.2 Å². The summed E-state index contributed by atoms with van der Waals surface area (Å²) in [5, 5.41) is 0. The highest BCUT2D eigenvalue weighted by atomic mass is 79.9. The van der Waals surface area contributed by atoms with Crippen molar-refractivity contribution in [3.63, 3.8) is 0 Å². The van der Waals surface area contributed by atoms with Gasteiger partial charge in [-0.2, -0.15) is 0 Å². The summed E-state index contributed by atoms with van der Waals surface area (Å²) in [5.41, 5.74) is 7.13. The Hall–Kier alpha value is -0.100. The zero-order valence-corrected chi connectivity index (χ0v) is 11.9. The molecule has 2 nitrogen and oxygen atoms in total. The summed E-state index contributed by atoms with van der Waals surface area (Å²) < 4.78 is 7.35. The summed E-state index contributed by atoms with van der Waals surface area (Å²) in [6.45, 7) is 1.91. The van der Waals surface area contributed by atoms with Gasteiger partial charge in [0.1, 0.15) is 5.76 Å². The molecule has 0 saturated carbocycles. The summed E-state index contributed by atoms with van der Waals surface area (Å²) in [5.74, 6) is 0.884. The summed E-state index contributed by atoms with van der Waals surface area (Å²) >= 11 is 8.53. The van der Waals surface area contributed by atoms with Crippen LogP contribution in [-0.2, 0) is 0 Å². The fourth-order valence-corrected chi connectivity index (χ4v) is 3.43. The number of nitrogens with two attached hydrogens (primary N) is 1. The quantitative estimate of drug-likeness (QED) is 0.880. The van der Waals surface area contributed by atoms with E-state index in [2.05, 4.69) is 31.9 Å². The van der Waals surface area contributed by atoms with Crippen LogP contribution in [-0.4, -0.2) is 0 Å². The number of thiophene rings is 1. The molecule has 5 heteroatoms. The Morgan fingerprint density at radius 3 is 2.60 bits per heavy atom. The molecule has 0 radical (unpaired) electrons. The average Bonchev–Trinajstić information content (AvgIpc) is 2.74. The van der Waals surface area contributed by atoms with Crippen molar-refractivity contribution in [3.05, 3.63) is 42.9 Å². The van der Waals surface area contributed by atoms with Crippen LogP contribution in [0.4, 0.5) is 0 Å². The van der Waals surface area contributed by atoms with E-state index in [-0.39, 0.29) is 6.04 Å². The molecule has 0 amide bonds. The number of hydrogen-bond donors (Lipinski definition) is 1. The van der Waals surface area contributed by atoms with Gasteiger partial charge in [0.25, 0.3) is 0 Å². The number of halogens is 2. The van der Waals surface area contributed by atoms with Crippen LogP contribution in [0, 0.1) is 6.92 Å². The van der Waals surface area contributed by atoms with Crippen molar-refractivity contribution >= 4 is 43.2 Å². The first kappa shape index (κ1) is 11.4. The molecule has 0 aliphatic heterocycles. The number of rotatable bonds is 2. The van der Waals surface area contributed by atoms with Gasteiger partial charge in [0.05, 0.1) is 16.1 Å². The van der Waals surface area contributed by atoms with E-state index >= 15 is 0 Å². The van der Waals surface area contributed by atoms with E-state index in [1.807, 2.05) is 19.1 Å². The largest absolute Gasteiger partial charge is 0.469 e. The smallest absolute Gasteiger partial charge is 0.101 e. The molecule has 1 unspecified atom stereocenters. The molecule has 0 saturated heterocycles. The van der Waals surface area contributed by atoms with E-state index in [0.717, 1.165) is 24.5 Å².